The fourth-order valence-electron chi connectivity index (χ4n) is 4.97. The molecule has 0 aliphatic heterocycles. The molecule has 0 aliphatic rings. The lowest BCUT2D eigenvalue weighted by atomic mass is 9.71. The third-order valence-corrected chi connectivity index (χ3v) is 6.77. The van der Waals surface area contributed by atoms with Gasteiger partial charge < -0.3 is 4.79 Å². The third-order valence-electron chi connectivity index (χ3n) is 5.07. The molecule has 0 saturated carbocycles. The first kappa shape index (κ1) is 27.2. The summed E-state index contributed by atoms with van der Waals surface area (Å²) in [5.74, 6) is -0.0176. The van der Waals surface area contributed by atoms with Crippen LogP contribution in [0.2, 0.25) is 0 Å². The highest BCUT2D eigenvalue weighted by molar-refractivity contribution is 7.90. The van der Waals surface area contributed by atoms with Crippen LogP contribution < -0.4 is 4.72 Å². The van der Waals surface area contributed by atoms with Crippen LogP contribution in [0.1, 0.15) is 86.9 Å². The van der Waals surface area contributed by atoms with Crippen LogP contribution in [0.4, 0.5) is 0 Å². The minimum absolute atomic E-state index is 0.0847. The van der Waals surface area contributed by atoms with Gasteiger partial charge in [0.15, 0.2) is 0 Å². The van der Waals surface area contributed by atoms with Gasteiger partial charge in [-0.25, -0.2) is 13.5 Å². The van der Waals surface area contributed by atoms with Gasteiger partial charge in [0.05, 0.1) is 5.75 Å². The SMILES string of the molecule is CC(C)(CC=O)CC(C)(C)CS(=O)(=O)NC(=O)CC(C)(C)CC(C)(C)Cc1nnn[nH]1. The van der Waals surface area contributed by atoms with Crippen molar-refractivity contribution in [1.29, 1.82) is 0 Å². The van der Waals surface area contributed by atoms with Gasteiger partial charge >= 0.3 is 0 Å². The molecule has 0 aromatic carbocycles. The van der Waals surface area contributed by atoms with Crippen LogP contribution in [0, 0.1) is 21.7 Å². The van der Waals surface area contributed by atoms with E-state index < -0.39 is 26.8 Å². The second kappa shape index (κ2) is 9.75. The Morgan fingerprint density at radius 1 is 0.968 bits per heavy atom. The minimum atomic E-state index is -3.80. The first-order valence-corrected chi connectivity index (χ1v) is 12.2. The highest BCUT2D eigenvalue weighted by Crippen LogP contribution is 2.38. The number of amides is 1. The molecule has 1 rings (SSSR count). The van der Waals surface area contributed by atoms with Crippen molar-refractivity contribution in [2.24, 2.45) is 21.7 Å². The molecule has 2 N–H and O–H groups in total. The second-order valence-corrected chi connectivity index (χ2v) is 13.6. The standard InChI is InChI=1S/C21H39N5O4S/c1-18(2,9-10-27)13-21(7,8)15-31(29,30)24-17(28)12-20(5,6)14-19(3,4)11-16-22-25-26-23-16/h10H,9,11-15H2,1-8H3,(H,24,28)(H,22,23,25,26). The maximum absolute atomic E-state index is 12.7. The molecule has 1 aromatic rings. The maximum atomic E-state index is 12.7. The Bertz CT molecular complexity index is 843. The molecule has 0 unspecified atom stereocenters. The summed E-state index contributed by atoms with van der Waals surface area (Å²) < 4.78 is 27.6. The van der Waals surface area contributed by atoms with Gasteiger partial charge in [-0.3, -0.25) is 9.52 Å². The molecule has 1 amide bonds. The summed E-state index contributed by atoms with van der Waals surface area (Å²) in [4.78, 5) is 23.4. The van der Waals surface area contributed by atoms with Crippen molar-refractivity contribution in [2.75, 3.05) is 5.75 Å². The van der Waals surface area contributed by atoms with Gasteiger partial charge in [0, 0.05) is 19.3 Å². The number of aldehydes is 1. The second-order valence-electron chi connectivity index (χ2n) is 11.9. The van der Waals surface area contributed by atoms with Crippen molar-refractivity contribution in [1.82, 2.24) is 25.3 Å². The van der Waals surface area contributed by atoms with E-state index in [1.807, 2.05) is 41.5 Å². The number of tetrazole rings is 1. The van der Waals surface area contributed by atoms with E-state index in [4.69, 9.17) is 0 Å². The lowest BCUT2D eigenvalue weighted by Gasteiger charge is -2.35. The fourth-order valence-corrected chi connectivity index (χ4v) is 6.59. The van der Waals surface area contributed by atoms with Crippen molar-refractivity contribution in [3.63, 3.8) is 0 Å². The Hall–Kier alpha value is -1.84. The molecule has 0 saturated heterocycles. The van der Waals surface area contributed by atoms with E-state index in [0.29, 0.717) is 31.5 Å². The van der Waals surface area contributed by atoms with E-state index in [2.05, 4.69) is 39.2 Å². The Morgan fingerprint density at radius 2 is 1.55 bits per heavy atom. The molecule has 178 valence electrons. The van der Waals surface area contributed by atoms with Gasteiger partial charge in [0.1, 0.15) is 12.1 Å². The predicted octanol–water partition coefficient (Wildman–Crippen LogP) is 3.05. The number of aromatic amines is 1. The van der Waals surface area contributed by atoms with Crippen LogP contribution in [0.25, 0.3) is 0 Å². The van der Waals surface area contributed by atoms with Crippen molar-refractivity contribution >= 4 is 22.2 Å². The Morgan fingerprint density at radius 3 is 2.06 bits per heavy atom. The summed E-state index contributed by atoms with van der Waals surface area (Å²) in [5.41, 5.74) is -1.49. The molecule has 31 heavy (non-hydrogen) atoms. The molecule has 9 nitrogen and oxygen atoms in total. The van der Waals surface area contributed by atoms with Gasteiger partial charge in [0.25, 0.3) is 0 Å². The van der Waals surface area contributed by atoms with Crippen LogP contribution in [-0.2, 0) is 26.0 Å². The molecular formula is C21H39N5O4S. The summed E-state index contributed by atoms with van der Waals surface area (Å²) in [6, 6.07) is 0. The van der Waals surface area contributed by atoms with E-state index >= 15 is 0 Å². The zero-order valence-electron chi connectivity index (χ0n) is 20.2. The molecule has 0 radical (unpaired) electrons. The van der Waals surface area contributed by atoms with Crippen LogP contribution in [0.5, 0.6) is 0 Å². The summed E-state index contributed by atoms with van der Waals surface area (Å²) >= 11 is 0. The lowest BCUT2D eigenvalue weighted by molar-refractivity contribution is -0.121. The van der Waals surface area contributed by atoms with E-state index in [9.17, 15) is 18.0 Å². The van der Waals surface area contributed by atoms with E-state index in [1.165, 1.54) is 0 Å². The molecule has 0 aliphatic carbocycles. The average molecular weight is 458 g/mol. The smallest absolute Gasteiger partial charge is 0.235 e. The summed E-state index contributed by atoms with van der Waals surface area (Å²) in [5, 5.41) is 13.8. The number of carbonyl (C=O) groups excluding carboxylic acids is 2. The van der Waals surface area contributed by atoms with Gasteiger partial charge in [-0.1, -0.05) is 55.4 Å². The summed E-state index contributed by atoms with van der Waals surface area (Å²) in [6.07, 6.45) is 3.14. The van der Waals surface area contributed by atoms with Crippen molar-refractivity contribution in [3.05, 3.63) is 5.82 Å². The van der Waals surface area contributed by atoms with Crippen LogP contribution in [-0.4, -0.2) is 47.0 Å². The topological polar surface area (TPSA) is 135 Å². The van der Waals surface area contributed by atoms with Crippen molar-refractivity contribution in [3.8, 4) is 0 Å². The highest BCUT2D eigenvalue weighted by Gasteiger charge is 2.35. The Kier molecular flexibility index (Phi) is 8.55. The molecule has 10 heteroatoms. The number of H-pyrrole nitrogens is 1. The zero-order chi connectivity index (χ0) is 24.1. The number of hydrogen-bond donors (Lipinski definition) is 2. The molecule has 0 fully saturated rings. The monoisotopic (exact) mass is 457 g/mol. The predicted molar refractivity (Wildman–Crippen MR) is 119 cm³/mol. The normalized spacial score (nSPS) is 13.8. The number of hydrogen-bond acceptors (Lipinski definition) is 7. The summed E-state index contributed by atoms with van der Waals surface area (Å²) in [7, 11) is -3.80. The van der Waals surface area contributed by atoms with Gasteiger partial charge in [-0.15, -0.1) is 5.10 Å². The molecule has 0 bridgehead atoms. The average Bonchev–Trinajstić information content (AvgIpc) is 2.92. The van der Waals surface area contributed by atoms with Crippen molar-refractivity contribution in [2.45, 2.75) is 87.5 Å². The number of carbonyl (C=O) groups is 2. The van der Waals surface area contributed by atoms with Crippen LogP contribution in [0.15, 0.2) is 0 Å². The molecule has 0 spiro atoms. The minimum Gasteiger partial charge on any atom is -0.303 e. The number of sulfonamides is 1. The van der Waals surface area contributed by atoms with Gasteiger partial charge in [-0.2, -0.15) is 0 Å². The van der Waals surface area contributed by atoms with E-state index in [0.717, 1.165) is 6.29 Å². The number of nitrogens with one attached hydrogen (secondary N) is 2. The largest absolute Gasteiger partial charge is 0.303 e. The van der Waals surface area contributed by atoms with Crippen molar-refractivity contribution < 1.29 is 18.0 Å². The molecular weight excluding hydrogens is 418 g/mol. The van der Waals surface area contributed by atoms with Crippen LogP contribution >= 0.6 is 0 Å². The molecule has 1 heterocycles. The van der Waals surface area contributed by atoms with E-state index in [1.54, 1.807) is 0 Å². The lowest BCUT2D eigenvalue weighted by Crippen LogP contribution is -2.40. The first-order valence-electron chi connectivity index (χ1n) is 10.6. The summed E-state index contributed by atoms with van der Waals surface area (Å²) in [6.45, 7) is 15.6. The van der Waals surface area contributed by atoms with Gasteiger partial charge in [-0.05, 0) is 44.9 Å². The fraction of sp³-hybridized carbons (Fsp3) is 0.857. The highest BCUT2D eigenvalue weighted by atomic mass is 32.2. The third kappa shape index (κ3) is 10.8. The first-order chi connectivity index (χ1) is 13.9. The Labute approximate surface area is 186 Å². The molecule has 1 aromatic heterocycles. The number of nitrogens with zero attached hydrogens (tertiary/aromatic N) is 3. The van der Waals surface area contributed by atoms with Crippen LogP contribution in [0.3, 0.4) is 0 Å². The maximum Gasteiger partial charge on any atom is 0.235 e. The number of rotatable bonds is 13. The zero-order valence-corrected chi connectivity index (χ0v) is 21.0. The van der Waals surface area contributed by atoms with E-state index in [-0.39, 0.29) is 23.0 Å². The van der Waals surface area contributed by atoms with Gasteiger partial charge in [0.2, 0.25) is 15.9 Å². The number of aromatic nitrogens is 4. The Balaban J connectivity index is 2.70. The molecule has 0 atom stereocenters. The quantitative estimate of drug-likeness (QED) is 0.435.